The Morgan fingerprint density at radius 2 is 1.94 bits per heavy atom. The molecule has 1 amide bonds. The molecule has 0 atom stereocenters. The van der Waals surface area contributed by atoms with Crippen molar-refractivity contribution < 1.29 is 14.1 Å². The van der Waals surface area contributed by atoms with Crippen molar-refractivity contribution in [3.8, 4) is 11.3 Å². The molecule has 0 unspecified atom stereocenters. The lowest BCUT2D eigenvalue weighted by molar-refractivity contribution is -0.384. The van der Waals surface area contributed by atoms with E-state index in [2.05, 4.69) is 10.3 Å². The predicted molar refractivity (Wildman–Crippen MR) is 142 cm³/mol. The third-order valence-corrected chi connectivity index (χ3v) is 7.57. The van der Waals surface area contributed by atoms with Gasteiger partial charge in [-0.3, -0.25) is 14.9 Å². The van der Waals surface area contributed by atoms with Crippen LogP contribution in [-0.2, 0) is 19.4 Å². The second-order valence-corrected chi connectivity index (χ2v) is 9.93. The highest BCUT2D eigenvalue weighted by Gasteiger charge is 2.25. The number of nitro groups is 1. The van der Waals surface area contributed by atoms with Crippen molar-refractivity contribution in [1.82, 2.24) is 5.32 Å². The van der Waals surface area contributed by atoms with Gasteiger partial charge >= 0.3 is 0 Å². The maximum absolute atomic E-state index is 13.2. The van der Waals surface area contributed by atoms with Gasteiger partial charge in [-0.05, 0) is 55.0 Å². The molecule has 1 N–H and O–H groups in total. The van der Waals surface area contributed by atoms with Crippen LogP contribution in [0.15, 0.2) is 70.1 Å². The van der Waals surface area contributed by atoms with Gasteiger partial charge in [-0.2, -0.15) is 0 Å². The summed E-state index contributed by atoms with van der Waals surface area (Å²) in [7, 11) is 0. The van der Waals surface area contributed by atoms with Crippen LogP contribution in [0.2, 0.25) is 5.02 Å². The lowest BCUT2D eigenvalue weighted by Crippen LogP contribution is -2.24. The van der Waals surface area contributed by atoms with E-state index >= 15 is 0 Å². The van der Waals surface area contributed by atoms with Gasteiger partial charge in [0.1, 0.15) is 16.5 Å². The molecule has 0 saturated heterocycles. The fourth-order valence-corrected chi connectivity index (χ4v) is 5.69. The Morgan fingerprint density at radius 3 is 2.75 bits per heavy atom. The summed E-state index contributed by atoms with van der Waals surface area (Å²) in [6, 6.07) is 17.4. The number of hydrogen-bond acceptors (Lipinski definition) is 6. The van der Waals surface area contributed by atoms with Crippen molar-refractivity contribution in [2.75, 3.05) is 0 Å². The molecular weight excluding hydrogens is 498 g/mol. The maximum atomic E-state index is 13.2. The van der Waals surface area contributed by atoms with E-state index < -0.39 is 4.92 Å². The summed E-state index contributed by atoms with van der Waals surface area (Å²) in [6.07, 6.45) is 5.54. The molecule has 0 saturated carbocycles. The van der Waals surface area contributed by atoms with Gasteiger partial charge in [0.25, 0.3) is 11.6 Å². The van der Waals surface area contributed by atoms with Crippen LogP contribution in [0.5, 0.6) is 0 Å². The average molecular weight is 520 g/mol. The topological polar surface area (TPSA) is 97.7 Å². The van der Waals surface area contributed by atoms with Crippen LogP contribution in [0.4, 0.5) is 10.7 Å². The van der Waals surface area contributed by atoms with Crippen LogP contribution >= 0.6 is 22.9 Å². The number of carbonyl (C=O) groups excluding carboxylic acids is 1. The summed E-state index contributed by atoms with van der Waals surface area (Å²) >= 11 is 7.79. The number of halogens is 1. The Balaban J connectivity index is 1.40. The number of non-ortho nitro benzene ring substituents is 1. The van der Waals surface area contributed by atoms with E-state index in [4.69, 9.17) is 16.0 Å². The van der Waals surface area contributed by atoms with Gasteiger partial charge in [0.2, 0.25) is 0 Å². The molecule has 182 valence electrons. The molecule has 7 nitrogen and oxygen atoms in total. The molecule has 36 heavy (non-hydrogen) atoms. The van der Waals surface area contributed by atoms with Gasteiger partial charge in [0, 0.05) is 29.1 Å². The smallest absolute Gasteiger partial charge is 0.270 e. The Hall–Kier alpha value is -3.75. The zero-order valence-corrected chi connectivity index (χ0v) is 20.8. The Bertz CT molecular complexity index is 1460. The Kier molecular flexibility index (Phi) is 6.97. The molecule has 0 spiro atoms. The van der Waals surface area contributed by atoms with Crippen molar-refractivity contribution in [3.63, 3.8) is 0 Å². The number of nitro benzene ring substituents is 1. The number of benzene rings is 2. The van der Waals surface area contributed by atoms with Crippen molar-refractivity contribution in [2.24, 2.45) is 4.99 Å². The normalized spacial score (nSPS) is 13.0. The SMILES string of the molecule is O=C(NCc1ccccc1)c1c(/N=C\c2ccc(-c3cc([N+](=O)[O-])ccc3Cl)o2)sc2c1CCCC2. The van der Waals surface area contributed by atoms with Crippen LogP contribution < -0.4 is 5.32 Å². The number of nitrogens with zero attached hydrogens (tertiary/aromatic N) is 2. The summed E-state index contributed by atoms with van der Waals surface area (Å²) in [5.41, 5.74) is 3.11. The molecule has 0 radical (unpaired) electrons. The minimum Gasteiger partial charge on any atom is -0.455 e. The number of aliphatic imine (C=N–C) groups is 1. The van der Waals surface area contributed by atoms with E-state index in [1.165, 1.54) is 23.1 Å². The number of furan rings is 1. The van der Waals surface area contributed by atoms with E-state index in [9.17, 15) is 14.9 Å². The highest BCUT2D eigenvalue weighted by atomic mass is 35.5. The molecule has 4 aromatic rings. The minimum atomic E-state index is -0.478. The van der Waals surface area contributed by atoms with E-state index in [-0.39, 0.29) is 11.6 Å². The number of rotatable bonds is 7. The van der Waals surface area contributed by atoms with E-state index in [0.29, 0.717) is 39.2 Å². The van der Waals surface area contributed by atoms with Crippen molar-refractivity contribution in [3.05, 3.63) is 103 Å². The lowest BCUT2D eigenvalue weighted by Gasteiger charge is -2.12. The van der Waals surface area contributed by atoms with Gasteiger partial charge < -0.3 is 9.73 Å². The summed E-state index contributed by atoms with van der Waals surface area (Å²) in [4.78, 5) is 29.7. The Labute approximate surface area is 216 Å². The number of fused-ring (bicyclic) bond motifs is 1. The van der Waals surface area contributed by atoms with Gasteiger partial charge in [0.15, 0.2) is 0 Å². The molecule has 9 heteroatoms. The van der Waals surface area contributed by atoms with Crippen LogP contribution in [0.1, 0.15) is 45.0 Å². The van der Waals surface area contributed by atoms with Crippen LogP contribution in [0.3, 0.4) is 0 Å². The third kappa shape index (κ3) is 5.10. The average Bonchev–Trinajstić information content (AvgIpc) is 3.51. The largest absolute Gasteiger partial charge is 0.455 e. The number of nitrogens with one attached hydrogen (secondary N) is 1. The third-order valence-electron chi connectivity index (χ3n) is 6.04. The first-order valence-corrected chi connectivity index (χ1v) is 12.7. The van der Waals surface area contributed by atoms with Gasteiger partial charge in [0.05, 0.1) is 21.7 Å². The first-order chi connectivity index (χ1) is 17.5. The van der Waals surface area contributed by atoms with Crippen LogP contribution in [-0.4, -0.2) is 17.0 Å². The summed E-state index contributed by atoms with van der Waals surface area (Å²) in [5, 5.41) is 15.2. The van der Waals surface area contributed by atoms with E-state index in [1.54, 1.807) is 29.7 Å². The molecule has 5 rings (SSSR count). The highest BCUT2D eigenvalue weighted by molar-refractivity contribution is 7.16. The second kappa shape index (κ2) is 10.5. The van der Waals surface area contributed by atoms with Crippen LogP contribution in [0.25, 0.3) is 11.3 Å². The predicted octanol–water partition coefficient (Wildman–Crippen LogP) is 7.13. The molecule has 0 bridgehead atoms. The Morgan fingerprint density at radius 1 is 1.14 bits per heavy atom. The fourth-order valence-electron chi connectivity index (χ4n) is 4.25. The molecular formula is C27H22ClN3O4S. The van der Waals surface area contributed by atoms with Crippen LogP contribution in [0, 0.1) is 10.1 Å². The number of carbonyl (C=O) groups is 1. The molecule has 1 aliphatic carbocycles. The minimum absolute atomic E-state index is 0.0728. The second-order valence-electron chi connectivity index (χ2n) is 8.44. The number of hydrogen-bond donors (Lipinski definition) is 1. The summed E-state index contributed by atoms with van der Waals surface area (Å²) in [6.45, 7) is 0.443. The highest BCUT2D eigenvalue weighted by Crippen LogP contribution is 2.40. The number of aryl methyl sites for hydroxylation is 1. The van der Waals surface area contributed by atoms with Gasteiger partial charge in [-0.25, -0.2) is 4.99 Å². The molecule has 2 aromatic heterocycles. The fraction of sp³-hybridized carbons (Fsp3) is 0.185. The molecule has 0 fully saturated rings. The molecule has 0 aliphatic heterocycles. The van der Waals surface area contributed by atoms with Crippen molar-refractivity contribution in [1.29, 1.82) is 0 Å². The maximum Gasteiger partial charge on any atom is 0.270 e. The van der Waals surface area contributed by atoms with Crippen molar-refractivity contribution >= 4 is 45.7 Å². The monoisotopic (exact) mass is 519 g/mol. The summed E-state index contributed by atoms with van der Waals surface area (Å²) in [5.74, 6) is 0.722. The van der Waals surface area contributed by atoms with Gasteiger partial charge in [-0.15, -0.1) is 11.3 Å². The lowest BCUT2D eigenvalue weighted by atomic mass is 9.95. The zero-order valence-electron chi connectivity index (χ0n) is 19.2. The van der Waals surface area contributed by atoms with E-state index in [0.717, 1.165) is 36.8 Å². The molecule has 2 heterocycles. The summed E-state index contributed by atoms with van der Waals surface area (Å²) < 4.78 is 5.86. The van der Waals surface area contributed by atoms with Crippen molar-refractivity contribution in [2.45, 2.75) is 32.2 Å². The number of thiophene rings is 1. The van der Waals surface area contributed by atoms with Gasteiger partial charge in [-0.1, -0.05) is 41.9 Å². The first kappa shape index (κ1) is 24.0. The molecule has 1 aliphatic rings. The van der Waals surface area contributed by atoms with E-state index in [1.807, 2.05) is 30.3 Å². The molecule has 2 aromatic carbocycles. The number of amides is 1. The zero-order chi connectivity index (χ0) is 25.1. The first-order valence-electron chi connectivity index (χ1n) is 11.5. The quantitative estimate of drug-likeness (QED) is 0.159. The standard InChI is InChI=1S/C27H22ClN3O4S/c28-22-12-10-18(31(33)34)14-21(22)23-13-11-19(35-23)16-30-27-25(20-8-4-5-9-24(20)36-27)26(32)29-15-17-6-2-1-3-7-17/h1-3,6-7,10-14,16H,4-5,8-9,15H2,(H,29,32)/b30-16-.